The van der Waals surface area contributed by atoms with Gasteiger partial charge in [0.1, 0.15) is 0 Å². The Morgan fingerprint density at radius 2 is 2.40 bits per heavy atom. The van der Waals surface area contributed by atoms with Crippen LogP contribution in [-0.4, -0.2) is 12.6 Å². The maximum atomic E-state index is 3.47. The normalized spacial score (nSPS) is 27.5. The highest BCUT2D eigenvalue weighted by atomic mass is 14.9. The molecule has 10 heavy (non-hydrogen) atoms. The smallest absolute Gasteiger partial charge is 0.0250 e. The van der Waals surface area contributed by atoms with Crippen LogP contribution in [-0.2, 0) is 0 Å². The molecule has 0 aromatic heterocycles. The summed E-state index contributed by atoms with van der Waals surface area (Å²) in [5.41, 5.74) is 0. The van der Waals surface area contributed by atoms with Crippen LogP contribution < -0.4 is 5.32 Å². The fourth-order valence-electron chi connectivity index (χ4n) is 1.34. The molecular weight excluding hydrogens is 122 g/mol. The first-order chi connectivity index (χ1) is 4.93. The maximum Gasteiger partial charge on any atom is 0.0250 e. The Kier molecular flexibility index (Phi) is 3.52. The molecule has 1 rings (SSSR count). The van der Waals surface area contributed by atoms with Gasteiger partial charge in [-0.05, 0) is 25.8 Å². The van der Waals surface area contributed by atoms with Crippen LogP contribution in [0.3, 0.4) is 0 Å². The van der Waals surface area contributed by atoms with Gasteiger partial charge >= 0.3 is 0 Å². The van der Waals surface area contributed by atoms with E-state index in [-0.39, 0.29) is 0 Å². The highest BCUT2D eigenvalue weighted by Crippen LogP contribution is 2.07. The number of nitrogens with one attached hydrogen (secondary N) is 1. The Hall–Kier alpha value is -0.300. The minimum absolute atomic E-state index is 0.675. The largest absolute Gasteiger partial charge is 0.311 e. The van der Waals surface area contributed by atoms with Gasteiger partial charge in [-0.25, -0.2) is 0 Å². The van der Waals surface area contributed by atoms with Crippen LogP contribution in [0.1, 0.15) is 32.6 Å². The molecule has 58 valence electrons. The summed E-state index contributed by atoms with van der Waals surface area (Å²) in [6.07, 6.45) is 9.80. The Labute approximate surface area is 63.5 Å². The molecule has 0 bridgehead atoms. The van der Waals surface area contributed by atoms with Crippen LogP contribution in [0, 0.1) is 0 Å². The lowest BCUT2D eigenvalue weighted by Gasteiger charge is -2.19. The molecule has 0 saturated carbocycles. The molecule has 1 aliphatic heterocycles. The van der Waals surface area contributed by atoms with E-state index in [1.807, 2.05) is 0 Å². The highest BCUT2D eigenvalue weighted by molar-refractivity contribution is 4.93. The van der Waals surface area contributed by atoms with E-state index in [9.17, 15) is 0 Å². The summed E-state index contributed by atoms with van der Waals surface area (Å²) in [5, 5.41) is 3.47. The van der Waals surface area contributed by atoms with Gasteiger partial charge in [0, 0.05) is 6.04 Å². The van der Waals surface area contributed by atoms with Crippen molar-refractivity contribution in [2.75, 3.05) is 6.54 Å². The van der Waals surface area contributed by atoms with Crippen LogP contribution >= 0.6 is 0 Å². The summed E-state index contributed by atoms with van der Waals surface area (Å²) in [5.74, 6) is 0. The molecule has 1 nitrogen and oxygen atoms in total. The first kappa shape index (κ1) is 7.80. The Morgan fingerprint density at radius 1 is 1.50 bits per heavy atom. The van der Waals surface area contributed by atoms with Crippen molar-refractivity contribution in [2.45, 2.75) is 38.6 Å². The lowest BCUT2D eigenvalue weighted by Crippen LogP contribution is -2.32. The SMILES string of the molecule is CCC=CC1CCCCN1. The Balaban J connectivity index is 2.19. The zero-order valence-corrected chi connectivity index (χ0v) is 6.77. The van der Waals surface area contributed by atoms with Crippen molar-refractivity contribution in [2.24, 2.45) is 0 Å². The molecule has 1 aliphatic rings. The van der Waals surface area contributed by atoms with E-state index in [2.05, 4.69) is 24.4 Å². The van der Waals surface area contributed by atoms with E-state index in [1.54, 1.807) is 0 Å². The van der Waals surface area contributed by atoms with Crippen LogP contribution in [0.15, 0.2) is 12.2 Å². The summed E-state index contributed by atoms with van der Waals surface area (Å²) in [6.45, 7) is 3.39. The van der Waals surface area contributed by atoms with E-state index >= 15 is 0 Å². The summed E-state index contributed by atoms with van der Waals surface area (Å²) in [4.78, 5) is 0. The second kappa shape index (κ2) is 4.51. The van der Waals surface area contributed by atoms with Gasteiger partial charge in [0.25, 0.3) is 0 Å². The van der Waals surface area contributed by atoms with Gasteiger partial charge in [0.05, 0.1) is 0 Å². The van der Waals surface area contributed by atoms with E-state index in [4.69, 9.17) is 0 Å². The Morgan fingerprint density at radius 3 is 3.00 bits per heavy atom. The van der Waals surface area contributed by atoms with Crippen molar-refractivity contribution in [1.82, 2.24) is 5.32 Å². The van der Waals surface area contributed by atoms with Crippen LogP contribution in [0.25, 0.3) is 0 Å². The van der Waals surface area contributed by atoms with Crippen molar-refractivity contribution in [3.05, 3.63) is 12.2 Å². The van der Waals surface area contributed by atoms with E-state index < -0.39 is 0 Å². The minimum Gasteiger partial charge on any atom is -0.311 e. The average molecular weight is 139 g/mol. The average Bonchev–Trinajstić information content (AvgIpc) is 2.03. The first-order valence-corrected chi connectivity index (χ1v) is 4.33. The van der Waals surface area contributed by atoms with Crippen LogP contribution in [0.4, 0.5) is 0 Å². The molecule has 0 aromatic carbocycles. The maximum absolute atomic E-state index is 3.47. The third-order valence-corrected chi connectivity index (χ3v) is 1.95. The van der Waals surface area contributed by atoms with Gasteiger partial charge in [-0.1, -0.05) is 25.5 Å². The van der Waals surface area contributed by atoms with Crippen molar-refractivity contribution in [1.29, 1.82) is 0 Å². The summed E-state index contributed by atoms with van der Waals surface area (Å²) in [7, 11) is 0. The molecule has 0 aromatic rings. The molecule has 1 unspecified atom stereocenters. The predicted molar refractivity (Wildman–Crippen MR) is 45.1 cm³/mol. The zero-order valence-electron chi connectivity index (χ0n) is 6.77. The molecule has 0 aliphatic carbocycles. The molecule has 1 saturated heterocycles. The fourth-order valence-corrected chi connectivity index (χ4v) is 1.34. The molecule has 1 heterocycles. The molecule has 0 radical (unpaired) electrons. The molecule has 0 spiro atoms. The lowest BCUT2D eigenvalue weighted by atomic mass is 10.0. The molecular formula is C9H17N. The topological polar surface area (TPSA) is 12.0 Å². The third kappa shape index (κ3) is 2.53. The molecule has 1 N–H and O–H groups in total. The molecule has 1 atom stereocenters. The van der Waals surface area contributed by atoms with Gasteiger partial charge < -0.3 is 5.32 Å². The quantitative estimate of drug-likeness (QED) is 0.578. The number of allylic oxidation sites excluding steroid dienone is 1. The molecule has 1 fully saturated rings. The van der Waals surface area contributed by atoms with E-state index in [0.29, 0.717) is 6.04 Å². The van der Waals surface area contributed by atoms with Crippen LogP contribution in [0.2, 0.25) is 0 Å². The standard InChI is InChI=1S/C9H17N/c1-2-3-6-9-7-4-5-8-10-9/h3,6,9-10H,2,4-5,7-8H2,1H3. The number of hydrogen-bond donors (Lipinski definition) is 1. The molecule has 0 amide bonds. The lowest BCUT2D eigenvalue weighted by molar-refractivity contribution is 0.454. The first-order valence-electron chi connectivity index (χ1n) is 4.33. The number of hydrogen-bond acceptors (Lipinski definition) is 1. The van der Waals surface area contributed by atoms with Gasteiger partial charge in [0.15, 0.2) is 0 Å². The van der Waals surface area contributed by atoms with Gasteiger partial charge in [-0.2, -0.15) is 0 Å². The van der Waals surface area contributed by atoms with Gasteiger partial charge in [0.2, 0.25) is 0 Å². The van der Waals surface area contributed by atoms with Gasteiger partial charge in [-0.15, -0.1) is 0 Å². The summed E-state index contributed by atoms with van der Waals surface area (Å²) >= 11 is 0. The van der Waals surface area contributed by atoms with Crippen molar-refractivity contribution < 1.29 is 0 Å². The third-order valence-electron chi connectivity index (χ3n) is 1.95. The van der Waals surface area contributed by atoms with E-state index in [0.717, 1.165) is 6.42 Å². The monoisotopic (exact) mass is 139 g/mol. The van der Waals surface area contributed by atoms with E-state index in [1.165, 1.54) is 25.8 Å². The predicted octanol–water partition coefficient (Wildman–Crippen LogP) is 2.09. The van der Waals surface area contributed by atoms with Crippen LogP contribution in [0.5, 0.6) is 0 Å². The van der Waals surface area contributed by atoms with Crippen molar-refractivity contribution in [3.63, 3.8) is 0 Å². The van der Waals surface area contributed by atoms with Crippen molar-refractivity contribution in [3.8, 4) is 0 Å². The second-order valence-corrected chi connectivity index (χ2v) is 2.89. The summed E-state index contributed by atoms with van der Waals surface area (Å²) < 4.78 is 0. The van der Waals surface area contributed by atoms with Crippen molar-refractivity contribution >= 4 is 0 Å². The number of rotatable bonds is 2. The second-order valence-electron chi connectivity index (χ2n) is 2.89. The minimum atomic E-state index is 0.675. The van der Waals surface area contributed by atoms with Gasteiger partial charge in [-0.3, -0.25) is 0 Å². The fraction of sp³-hybridized carbons (Fsp3) is 0.778. The highest BCUT2D eigenvalue weighted by Gasteiger charge is 2.07. The molecule has 1 heteroatoms. The zero-order chi connectivity index (χ0) is 7.23. The summed E-state index contributed by atoms with van der Waals surface area (Å²) in [6, 6.07) is 0.675. The Bertz CT molecular complexity index is 101. The number of piperidine rings is 1.